The number of alkyl halides is 3. The summed E-state index contributed by atoms with van der Waals surface area (Å²) in [5.74, 6) is -2.76. The maximum atomic E-state index is 12.9. The number of hydrogen-bond acceptors (Lipinski definition) is 4. The molecule has 1 heterocycles. The molecule has 3 aromatic rings. The first-order valence-electron chi connectivity index (χ1n) is 8.70. The van der Waals surface area contributed by atoms with E-state index >= 15 is 0 Å². The van der Waals surface area contributed by atoms with Gasteiger partial charge in [0.2, 0.25) is 0 Å². The van der Waals surface area contributed by atoms with Crippen LogP contribution in [0.15, 0.2) is 59.6 Å². The Balaban J connectivity index is 0.000000396. The monoisotopic (exact) mass is 442 g/mol. The molecule has 3 rings (SSSR count). The summed E-state index contributed by atoms with van der Waals surface area (Å²) in [7, 11) is 0.425. The molecule has 0 radical (unpaired) electrons. The van der Waals surface area contributed by atoms with Gasteiger partial charge in [0.1, 0.15) is 0 Å². The van der Waals surface area contributed by atoms with Crippen LogP contribution >= 0.6 is 0 Å². The first-order chi connectivity index (χ1) is 13.9. The molecular formula is C20H21F3N2O4S. The van der Waals surface area contributed by atoms with Gasteiger partial charge in [0.15, 0.2) is 0 Å². The van der Waals surface area contributed by atoms with Gasteiger partial charge in [-0.05, 0) is 50.3 Å². The molecule has 0 fully saturated rings. The van der Waals surface area contributed by atoms with Crippen LogP contribution in [-0.4, -0.2) is 48.6 Å². The summed E-state index contributed by atoms with van der Waals surface area (Å²) in [6.45, 7) is 2.73. The van der Waals surface area contributed by atoms with Gasteiger partial charge in [0.25, 0.3) is 10.0 Å². The Kier molecular flexibility index (Phi) is 6.94. The Morgan fingerprint density at radius 2 is 1.63 bits per heavy atom. The fraction of sp³-hybridized carbons (Fsp3) is 0.250. The second-order valence-corrected chi connectivity index (χ2v) is 8.59. The fourth-order valence-electron chi connectivity index (χ4n) is 2.91. The lowest BCUT2D eigenvalue weighted by Gasteiger charge is -2.12. The van der Waals surface area contributed by atoms with Crippen LogP contribution in [0, 0.1) is 6.92 Å². The number of nitrogens with zero attached hydrogens (tertiary/aromatic N) is 2. The molecule has 162 valence electrons. The molecule has 1 N–H and O–H groups in total. The van der Waals surface area contributed by atoms with E-state index in [9.17, 15) is 21.6 Å². The number of benzene rings is 2. The average Bonchev–Trinajstić information content (AvgIpc) is 3.00. The molecule has 0 saturated heterocycles. The molecule has 0 aliphatic carbocycles. The summed E-state index contributed by atoms with van der Waals surface area (Å²) in [6, 6.07) is 14.4. The zero-order valence-corrected chi connectivity index (χ0v) is 17.3. The van der Waals surface area contributed by atoms with Gasteiger partial charge in [-0.2, -0.15) is 13.2 Å². The van der Waals surface area contributed by atoms with Crippen molar-refractivity contribution in [1.29, 1.82) is 0 Å². The largest absolute Gasteiger partial charge is 0.490 e. The number of fused-ring (bicyclic) bond motifs is 1. The van der Waals surface area contributed by atoms with E-state index in [1.165, 1.54) is 3.97 Å². The van der Waals surface area contributed by atoms with Crippen LogP contribution in [0.5, 0.6) is 0 Å². The topological polar surface area (TPSA) is 79.6 Å². The first kappa shape index (κ1) is 23.4. The minimum atomic E-state index is -5.08. The third kappa shape index (κ3) is 5.19. The highest BCUT2D eigenvalue weighted by Gasteiger charge is 2.38. The average molecular weight is 442 g/mol. The molecule has 0 saturated carbocycles. The van der Waals surface area contributed by atoms with E-state index in [1.807, 2.05) is 39.2 Å². The summed E-state index contributed by atoms with van der Waals surface area (Å²) >= 11 is 0. The first-order valence-corrected chi connectivity index (χ1v) is 10.1. The molecule has 2 aromatic carbocycles. The van der Waals surface area contributed by atoms with Crippen LogP contribution in [0.4, 0.5) is 13.2 Å². The van der Waals surface area contributed by atoms with Crippen LogP contribution in [0.3, 0.4) is 0 Å². The predicted molar refractivity (Wildman–Crippen MR) is 107 cm³/mol. The second-order valence-electron chi connectivity index (χ2n) is 6.78. The number of aromatic nitrogens is 1. The van der Waals surface area contributed by atoms with Gasteiger partial charge in [-0.1, -0.05) is 30.3 Å². The molecule has 0 aliphatic heterocycles. The SMILES string of the molecule is Cc1cn(S(=O)(=O)c2ccccc2)c2cccc(CN(C)C)c12.O=C(O)C(F)(F)F. The van der Waals surface area contributed by atoms with Crippen molar-refractivity contribution in [3.05, 3.63) is 65.9 Å². The molecule has 0 unspecified atom stereocenters. The van der Waals surface area contributed by atoms with Crippen LogP contribution in [0.2, 0.25) is 0 Å². The molecule has 30 heavy (non-hydrogen) atoms. The predicted octanol–water partition coefficient (Wildman–Crippen LogP) is 3.88. The molecule has 0 bridgehead atoms. The molecule has 1 aromatic heterocycles. The van der Waals surface area contributed by atoms with E-state index in [0.717, 1.165) is 28.6 Å². The highest BCUT2D eigenvalue weighted by atomic mass is 32.2. The molecule has 0 atom stereocenters. The van der Waals surface area contributed by atoms with Gasteiger partial charge in [0.05, 0.1) is 10.4 Å². The van der Waals surface area contributed by atoms with Gasteiger partial charge in [-0.3, -0.25) is 0 Å². The standard InChI is InChI=1S/C18H20N2O2S.C2HF3O2/c1-14-12-20(23(21,22)16-9-5-4-6-10-16)17-11-7-8-15(18(14)17)13-19(2)3;3-2(4,5)1(6)7/h4-12H,13H2,1-3H3;(H,6,7). The number of carboxylic acid groups (broad SMARTS) is 1. The molecule has 10 heteroatoms. The van der Waals surface area contributed by atoms with Gasteiger partial charge in [-0.25, -0.2) is 17.2 Å². The molecule has 0 aliphatic rings. The van der Waals surface area contributed by atoms with Crippen molar-refractivity contribution in [3.63, 3.8) is 0 Å². The summed E-state index contributed by atoms with van der Waals surface area (Å²) < 4.78 is 59.0. The van der Waals surface area contributed by atoms with Gasteiger partial charge >= 0.3 is 12.1 Å². The maximum absolute atomic E-state index is 12.9. The van der Waals surface area contributed by atoms with Crippen molar-refractivity contribution < 1.29 is 31.5 Å². The molecule has 6 nitrogen and oxygen atoms in total. The quantitative estimate of drug-likeness (QED) is 0.663. The Labute approximate surface area is 172 Å². The normalized spacial score (nSPS) is 12.0. The Bertz CT molecular complexity index is 1140. The highest BCUT2D eigenvalue weighted by Crippen LogP contribution is 2.28. The molecule has 0 spiro atoms. The van der Waals surface area contributed by atoms with Crippen LogP contribution in [0.25, 0.3) is 10.9 Å². The number of halogens is 3. The molecule has 0 amide bonds. The van der Waals surface area contributed by atoms with E-state index in [2.05, 4.69) is 11.0 Å². The summed E-state index contributed by atoms with van der Waals surface area (Å²) in [4.78, 5) is 11.3. The van der Waals surface area contributed by atoms with Crippen LogP contribution in [-0.2, 0) is 21.4 Å². The minimum absolute atomic E-state index is 0.301. The lowest BCUT2D eigenvalue weighted by Crippen LogP contribution is -2.21. The lowest BCUT2D eigenvalue weighted by atomic mass is 10.1. The third-order valence-electron chi connectivity index (χ3n) is 4.10. The van der Waals surface area contributed by atoms with E-state index in [1.54, 1.807) is 30.5 Å². The van der Waals surface area contributed by atoms with Gasteiger partial charge in [0, 0.05) is 18.1 Å². The highest BCUT2D eigenvalue weighted by molar-refractivity contribution is 7.90. The number of aliphatic carboxylic acids is 1. The number of aryl methyl sites for hydroxylation is 1. The van der Waals surface area contributed by atoms with Crippen LogP contribution in [0.1, 0.15) is 11.1 Å². The fourth-order valence-corrected chi connectivity index (χ4v) is 4.35. The van der Waals surface area contributed by atoms with Crippen molar-refractivity contribution >= 4 is 26.9 Å². The van der Waals surface area contributed by atoms with Crippen molar-refractivity contribution in [2.45, 2.75) is 24.5 Å². The molecular weight excluding hydrogens is 421 g/mol. The van der Waals surface area contributed by atoms with E-state index in [0.29, 0.717) is 4.90 Å². The summed E-state index contributed by atoms with van der Waals surface area (Å²) in [5, 5.41) is 8.14. The Hall–Kier alpha value is -2.85. The Morgan fingerprint density at radius 1 is 1.07 bits per heavy atom. The van der Waals surface area contributed by atoms with Crippen molar-refractivity contribution in [1.82, 2.24) is 8.87 Å². The van der Waals surface area contributed by atoms with E-state index in [-0.39, 0.29) is 0 Å². The van der Waals surface area contributed by atoms with Crippen molar-refractivity contribution in [3.8, 4) is 0 Å². The number of hydrogen-bond donors (Lipinski definition) is 1. The van der Waals surface area contributed by atoms with Crippen molar-refractivity contribution in [2.75, 3.05) is 14.1 Å². The zero-order chi connectivity index (χ0) is 22.7. The number of carbonyl (C=O) groups is 1. The summed E-state index contributed by atoms with van der Waals surface area (Å²) in [5.41, 5.74) is 2.83. The van der Waals surface area contributed by atoms with Crippen molar-refractivity contribution in [2.24, 2.45) is 0 Å². The van der Waals surface area contributed by atoms with E-state index < -0.39 is 22.2 Å². The third-order valence-corrected chi connectivity index (χ3v) is 5.79. The smallest absolute Gasteiger partial charge is 0.475 e. The number of carboxylic acids is 1. The maximum Gasteiger partial charge on any atom is 0.490 e. The van der Waals surface area contributed by atoms with E-state index in [4.69, 9.17) is 9.90 Å². The van der Waals surface area contributed by atoms with Gasteiger partial charge in [-0.15, -0.1) is 0 Å². The lowest BCUT2D eigenvalue weighted by molar-refractivity contribution is -0.192. The number of rotatable bonds is 4. The minimum Gasteiger partial charge on any atom is -0.475 e. The zero-order valence-electron chi connectivity index (χ0n) is 16.5. The van der Waals surface area contributed by atoms with Gasteiger partial charge < -0.3 is 10.0 Å². The second kappa shape index (κ2) is 8.88. The van der Waals surface area contributed by atoms with Crippen LogP contribution < -0.4 is 0 Å². The Morgan fingerprint density at radius 3 is 2.13 bits per heavy atom. The summed E-state index contributed by atoms with van der Waals surface area (Å²) in [6.07, 6.45) is -3.37.